The normalized spacial score (nSPS) is 13.7. The second kappa shape index (κ2) is 28.6. The summed E-state index contributed by atoms with van der Waals surface area (Å²) >= 11 is 1.98. The third kappa shape index (κ3) is 35.7. The minimum Gasteiger partial charge on any atom is -0.400 e. The molecule has 0 bridgehead atoms. The Balaban J connectivity index is -0.000000287. The molecular formula is C23H48OS. The number of rotatable bonds is 9. The van der Waals surface area contributed by atoms with E-state index in [0.717, 1.165) is 13.0 Å². The van der Waals surface area contributed by atoms with E-state index < -0.39 is 0 Å². The fourth-order valence-corrected chi connectivity index (χ4v) is 3.09. The van der Waals surface area contributed by atoms with Crippen molar-refractivity contribution in [3.8, 4) is 0 Å². The average molecular weight is 373 g/mol. The minimum atomic E-state index is 0.885. The highest BCUT2D eigenvalue weighted by molar-refractivity contribution is 7.99. The average Bonchev–Trinajstić information content (AvgIpc) is 3.20. The Morgan fingerprint density at radius 1 is 1.12 bits per heavy atom. The Hall–Kier alpha value is -0.210. The summed E-state index contributed by atoms with van der Waals surface area (Å²) < 4.78 is 0. The van der Waals surface area contributed by atoms with Gasteiger partial charge in [0.1, 0.15) is 0 Å². The fraction of sp³-hybridized carbons (Fsp3) is 0.826. The van der Waals surface area contributed by atoms with Crippen LogP contribution in [0.5, 0.6) is 0 Å². The van der Waals surface area contributed by atoms with E-state index in [1.807, 2.05) is 11.8 Å². The molecule has 1 fully saturated rings. The zero-order valence-corrected chi connectivity index (χ0v) is 19.1. The van der Waals surface area contributed by atoms with Crippen LogP contribution in [-0.2, 0) is 0 Å². The molecule has 0 aromatic heterocycles. The Bertz CT molecular complexity index is 249. The van der Waals surface area contributed by atoms with Gasteiger partial charge in [-0.1, -0.05) is 89.9 Å². The molecule has 1 atom stereocenters. The first-order valence-electron chi connectivity index (χ1n) is 10.4. The van der Waals surface area contributed by atoms with E-state index in [-0.39, 0.29) is 0 Å². The van der Waals surface area contributed by atoms with E-state index >= 15 is 0 Å². The van der Waals surface area contributed by atoms with Crippen molar-refractivity contribution in [3.05, 3.63) is 24.3 Å². The molecule has 0 aliphatic heterocycles. The van der Waals surface area contributed by atoms with Gasteiger partial charge in [0.05, 0.1) is 0 Å². The standard InChI is InChI=1S/C10H20.C7H14S.C5H10.CH4O/c1-4-6-8-10(3)9-7-5-2;1-4-8-6-5-7(2)3;1-2-4-5-3-1;1-2/h4,6,10H,5,7-9H2,1-3H3;2,4-6H2,1,3H3;1-5H2;2H,1H3/b6-4+;;;/t10-;;;/m1.../s1. The summed E-state index contributed by atoms with van der Waals surface area (Å²) in [5.74, 6) is 3.36. The van der Waals surface area contributed by atoms with E-state index in [1.54, 1.807) is 0 Å². The van der Waals surface area contributed by atoms with Crippen molar-refractivity contribution in [2.24, 2.45) is 5.92 Å². The van der Waals surface area contributed by atoms with E-state index in [2.05, 4.69) is 53.3 Å². The largest absolute Gasteiger partial charge is 0.400 e. The molecule has 152 valence electrons. The van der Waals surface area contributed by atoms with Crippen LogP contribution >= 0.6 is 11.8 Å². The van der Waals surface area contributed by atoms with Crippen molar-refractivity contribution >= 4 is 11.8 Å². The van der Waals surface area contributed by atoms with E-state index in [0.29, 0.717) is 0 Å². The number of unbranched alkanes of at least 4 members (excludes halogenated alkanes) is 1. The Kier molecular flexibility index (Phi) is 33.8. The maximum Gasteiger partial charge on any atom is 0.0319 e. The summed E-state index contributed by atoms with van der Waals surface area (Å²) in [5.41, 5.74) is 1.30. The minimum absolute atomic E-state index is 0.885. The predicted octanol–water partition coefficient (Wildman–Crippen LogP) is 8.04. The van der Waals surface area contributed by atoms with Gasteiger partial charge in [0.25, 0.3) is 0 Å². The van der Waals surface area contributed by atoms with Crippen LogP contribution in [0.4, 0.5) is 0 Å². The molecule has 0 aromatic carbocycles. The molecule has 1 aliphatic carbocycles. The Morgan fingerprint density at radius 2 is 1.64 bits per heavy atom. The number of thioether (sulfide) groups is 1. The molecule has 1 rings (SSSR count). The molecule has 1 saturated carbocycles. The summed E-state index contributed by atoms with van der Waals surface area (Å²) in [7, 11) is 1.00. The molecular weight excluding hydrogens is 324 g/mol. The van der Waals surface area contributed by atoms with Gasteiger partial charge in [0.15, 0.2) is 0 Å². The van der Waals surface area contributed by atoms with Gasteiger partial charge < -0.3 is 5.11 Å². The van der Waals surface area contributed by atoms with Gasteiger partial charge in [-0.15, -0.1) is 6.58 Å². The molecule has 0 unspecified atom stereocenters. The quantitative estimate of drug-likeness (QED) is 0.326. The SMILES string of the molecule is C/C=C/C[C@@H](C)CCCC.C1CCCC1.C=C(C)CCSCC.CO. The lowest BCUT2D eigenvalue weighted by atomic mass is 10.0. The fourth-order valence-electron chi connectivity index (χ4n) is 2.31. The third-order valence-electron chi connectivity index (χ3n) is 3.95. The van der Waals surface area contributed by atoms with Gasteiger partial charge in [-0.05, 0) is 44.1 Å². The summed E-state index contributed by atoms with van der Waals surface area (Å²) in [4.78, 5) is 0. The molecule has 1 N–H and O–H groups in total. The summed E-state index contributed by atoms with van der Waals surface area (Å²) in [6.07, 6.45) is 18.5. The molecule has 1 aliphatic rings. The summed E-state index contributed by atoms with van der Waals surface area (Å²) in [6, 6.07) is 0. The second-order valence-corrected chi connectivity index (χ2v) is 8.12. The first-order chi connectivity index (χ1) is 12.1. The summed E-state index contributed by atoms with van der Waals surface area (Å²) in [6.45, 7) is 14.7. The molecule has 2 heteroatoms. The third-order valence-corrected chi connectivity index (χ3v) is 4.85. The monoisotopic (exact) mass is 372 g/mol. The van der Waals surface area contributed by atoms with E-state index in [1.165, 1.54) is 81.3 Å². The van der Waals surface area contributed by atoms with E-state index in [4.69, 9.17) is 5.11 Å². The maximum atomic E-state index is 7.00. The highest BCUT2D eigenvalue weighted by Gasteiger charge is 1.96. The van der Waals surface area contributed by atoms with Crippen LogP contribution in [0.2, 0.25) is 0 Å². The van der Waals surface area contributed by atoms with Gasteiger partial charge in [0, 0.05) is 7.11 Å². The van der Waals surface area contributed by atoms with Crippen LogP contribution < -0.4 is 0 Å². The second-order valence-electron chi connectivity index (χ2n) is 6.72. The number of hydrogen-bond donors (Lipinski definition) is 1. The molecule has 0 spiro atoms. The molecule has 0 saturated heterocycles. The van der Waals surface area contributed by atoms with Gasteiger partial charge in [0.2, 0.25) is 0 Å². The zero-order chi connectivity index (χ0) is 19.8. The summed E-state index contributed by atoms with van der Waals surface area (Å²) in [5, 5.41) is 7.00. The van der Waals surface area contributed by atoms with Crippen LogP contribution in [0, 0.1) is 5.92 Å². The molecule has 0 heterocycles. The van der Waals surface area contributed by atoms with Gasteiger partial charge >= 0.3 is 0 Å². The first kappa shape index (κ1) is 29.5. The lowest BCUT2D eigenvalue weighted by Crippen LogP contribution is -1.91. The van der Waals surface area contributed by atoms with Crippen molar-refractivity contribution in [2.45, 2.75) is 98.8 Å². The van der Waals surface area contributed by atoms with Crippen LogP contribution in [0.15, 0.2) is 24.3 Å². The van der Waals surface area contributed by atoms with Crippen molar-refractivity contribution in [1.82, 2.24) is 0 Å². The molecule has 1 nitrogen and oxygen atoms in total. The number of hydrogen-bond acceptors (Lipinski definition) is 2. The topological polar surface area (TPSA) is 20.2 Å². The van der Waals surface area contributed by atoms with Gasteiger partial charge in [-0.25, -0.2) is 0 Å². The van der Waals surface area contributed by atoms with Gasteiger partial charge in [-0.3, -0.25) is 0 Å². The van der Waals surface area contributed by atoms with Crippen molar-refractivity contribution < 1.29 is 5.11 Å². The maximum absolute atomic E-state index is 7.00. The zero-order valence-electron chi connectivity index (χ0n) is 18.3. The van der Waals surface area contributed by atoms with Crippen LogP contribution in [0.3, 0.4) is 0 Å². The van der Waals surface area contributed by atoms with E-state index in [9.17, 15) is 0 Å². The van der Waals surface area contributed by atoms with Crippen molar-refractivity contribution in [3.63, 3.8) is 0 Å². The number of allylic oxidation sites excluding steroid dienone is 3. The van der Waals surface area contributed by atoms with Crippen LogP contribution in [-0.4, -0.2) is 23.7 Å². The Labute approximate surface area is 164 Å². The number of aliphatic hydroxyl groups excluding tert-OH is 1. The van der Waals surface area contributed by atoms with Gasteiger partial charge in [-0.2, -0.15) is 11.8 Å². The van der Waals surface area contributed by atoms with Crippen molar-refractivity contribution in [1.29, 1.82) is 0 Å². The van der Waals surface area contributed by atoms with Crippen LogP contribution in [0.25, 0.3) is 0 Å². The van der Waals surface area contributed by atoms with Crippen LogP contribution in [0.1, 0.15) is 98.8 Å². The Morgan fingerprint density at radius 3 is 2.00 bits per heavy atom. The molecule has 0 radical (unpaired) electrons. The lowest BCUT2D eigenvalue weighted by molar-refractivity contribution is 0.399. The van der Waals surface area contributed by atoms with Crippen molar-refractivity contribution in [2.75, 3.05) is 18.6 Å². The molecule has 25 heavy (non-hydrogen) atoms. The first-order valence-corrected chi connectivity index (χ1v) is 11.5. The molecule has 0 aromatic rings. The predicted molar refractivity (Wildman–Crippen MR) is 122 cm³/mol. The highest BCUT2D eigenvalue weighted by Crippen LogP contribution is 2.15. The smallest absolute Gasteiger partial charge is 0.0319 e. The lowest BCUT2D eigenvalue weighted by Gasteiger charge is -2.05. The molecule has 0 amide bonds. The number of aliphatic hydroxyl groups is 1. The highest BCUT2D eigenvalue weighted by atomic mass is 32.2.